The fourth-order valence-electron chi connectivity index (χ4n) is 2.65. The third-order valence-electron chi connectivity index (χ3n) is 3.86. The Morgan fingerprint density at radius 3 is 2.95 bits per heavy atom. The fourth-order valence-corrected chi connectivity index (χ4v) is 2.65. The standard InChI is InChI=1S/C17H23NO/c1-3-4-8-14-9-7-11-17(2,13-14)16(19)15-10-5-6-12-18-15/h5-7,9-12,16,19H,3-4,8,13H2,1-2H3/t16-,17+/m0/s1. The lowest BCUT2D eigenvalue weighted by Crippen LogP contribution is -2.26. The topological polar surface area (TPSA) is 33.1 Å². The Bertz CT molecular complexity index is 463. The van der Waals surface area contributed by atoms with Gasteiger partial charge in [-0.15, -0.1) is 0 Å². The van der Waals surface area contributed by atoms with E-state index in [1.807, 2.05) is 18.2 Å². The number of aromatic nitrogens is 1. The molecule has 0 amide bonds. The normalized spacial score (nSPS) is 24.1. The van der Waals surface area contributed by atoms with Crippen molar-refractivity contribution < 1.29 is 5.11 Å². The van der Waals surface area contributed by atoms with Crippen molar-refractivity contribution in [1.29, 1.82) is 0 Å². The first-order chi connectivity index (χ1) is 9.15. The van der Waals surface area contributed by atoms with Gasteiger partial charge in [0, 0.05) is 11.6 Å². The van der Waals surface area contributed by atoms with Crippen molar-refractivity contribution >= 4 is 0 Å². The second kappa shape index (κ2) is 6.16. The summed E-state index contributed by atoms with van der Waals surface area (Å²) in [4.78, 5) is 4.28. The molecule has 1 heterocycles. The van der Waals surface area contributed by atoms with Gasteiger partial charge in [0.1, 0.15) is 6.10 Å². The van der Waals surface area contributed by atoms with Crippen molar-refractivity contribution in [3.05, 3.63) is 53.9 Å². The molecule has 1 aliphatic carbocycles. The predicted molar refractivity (Wildman–Crippen MR) is 78.7 cm³/mol. The first kappa shape index (κ1) is 14.0. The zero-order valence-corrected chi connectivity index (χ0v) is 11.8. The largest absolute Gasteiger partial charge is 0.386 e. The first-order valence-corrected chi connectivity index (χ1v) is 7.12. The van der Waals surface area contributed by atoms with Crippen molar-refractivity contribution in [2.24, 2.45) is 5.41 Å². The van der Waals surface area contributed by atoms with E-state index < -0.39 is 6.10 Å². The van der Waals surface area contributed by atoms with E-state index in [2.05, 4.69) is 37.1 Å². The summed E-state index contributed by atoms with van der Waals surface area (Å²) in [5.41, 5.74) is 1.94. The van der Waals surface area contributed by atoms with Crippen LogP contribution in [-0.4, -0.2) is 10.1 Å². The van der Waals surface area contributed by atoms with Crippen LogP contribution in [0.25, 0.3) is 0 Å². The number of hydrogen-bond donors (Lipinski definition) is 1. The number of hydrogen-bond acceptors (Lipinski definition) is 2. The van der Waals surface area contributed by atoms with Gasteiger partial charge < -0.3 is 5.11 Å². The lowest BCUT2D eigenvalue weighted by molar-refractivity contribution is 0.0646. The van der Waals surface area contributed by atoms with Crippen LogP contribution in [0.15, 0.2) is 48.2 Å². The maximum absolute atomic E-state index is 10.6. The lowest BCUT2D eigenvalue weighted by atomic mass is 9.73. The minimum atomic E-state index is -0.546. The molecule has 0 unspecified atom stereocenters. The Labute approximate surface area is 115 Å². The Morgan fingerprint density at radius 2 is 2.26 bits per heavy atom. The van der Waals surface area contributed by atoms with Crippen LogP contribution in [0.2, 0.25) is 0 Å². The molecular formula is C17H23NO. The molecule has 0 saturated carbocycles. The highest BCUT2D eigenvalue weighted by Crippen LogP contribution is 2.42. The highest BCUT2D eigenvalue weighted by molar-refractivity contribution is 5.26. The van der Waals surface area contributed by atoms with Gasteiger partial charge in [-0.25, -0.2) is 0 Å². The van der Waals surface area contributed by atoms with Gasteiger partial charge in [-0.2, -0.15) is 0 Å². The highest BCUT2D eigenvalue weighted by Gasteiger charge is 2.34. The van der Waals surface area contributed by atoms with Crippen molar-refractivity contribution in [3.8, 4) is 0 Å². The quantitative estimate of drug-likeness (QED) is 0.857. The van der Waals surface area contributed by atoms with Crippen LogP contribution >= 0.6 is 0 Å². The van der Waals surface area contributed by atoms with Gasteiger partial charge in [0.15, 0.2) is 0 Å². The fraction of sp³-hybridized carbons (Fsp3) is 0.471. The summed E-state index contributed by atoms with van der Waals surface area (Å²) < 4.78 is 0. The van der Waals surface area contributed by atoms with E-state index in [0.29, 0.717) is 0 Å². The van der Waals surface area contributed by atoms with Crippen molar-refractivity contribution in [3.63, 3.8) is 0 Å². The number of nitrogens with zero attached hydrogens (tertiary/aromatic N) is 1. The van der Waals surface area contributed by atoms with E-state index in [1.165, 1.54) is 18.4 Å². The molecule has 0 radical (unpaired) electrons. The smallest absolute Gasteiger partial charge is 0.105 e. The number of pyridine rings is 1. The Morgan fingerprint density at radius 1 is 1.42 bits per heavy atom. The monoisotopic (exact) mass is 257 g/mol. The molecule has 2 rings (SSSR count). The average molecular weight is 257 g/mol. The SMILES string of the molecule is CCCCC1=CC=C[C@@](C)([C@@H](O)c2ccccn2)C1. The van der Waals surface area contributed by atoms with Crippen LogP contribution in [-0.2, 0) is 0 Å². The molecule has 0 fully saturated rings. The minimum Gasteiger partial charge on any atom is -0.386 e. The number of allylic oxidation sites excluding steroid dienone is 3. The summed E-state index contributed by atoms with van der Waals surface area (Å²) in [6.07, 6.45) is 12.1. The third kappa shape index (κ3) is 3.32. The Kier molecular flexibility index (Phi) is 4.54. The van der Waals surface area contributed by atoms with E-state index >= 15 is 0 Å². The zero-order chi connectivity index (χ0) is 13.7. The summed E-state index contributed by atoms with van der Waals surface area (Å²) in [6, 6.07) is 5.70. The molecule has 102 valence electrons. The zero-order valence-electron chi connectivity index (χ0n) is 11.8. The van der Waals surface area contributed by atoms with Gasteiger partial charge in [0.25, 0.3) is 0 Å². The van der Waals surface area contributed by atoms with E-state index in [9.17, 15) is 5.11 Å². The predicted octanol–water partition coefficient (Wildman–Crippen LogP) is 4.20. The molecule has 0 aromatic carbocycles. The summed E-state index contributed by atoms with van der Waals surface area (Å²) >= 11 is 0. The molecule has 1 aliphatic rings. The summed E-state index contributed by atoms with van der Waals surface area (Å²) in [6.45, 7) is 4.32. The van der Waals surface area contributed by atoms with Crippen LogP contribution in [0.4, 0.5) is 0 Å². The molecule has 19 heavy (non-hydrogen) atoms. The second-order valence-electron chi connectivity index (χ2n) is 5.63. The third-order valence-corrected chi connectivity index (χ3v) is 3.86. The molecule has 2 nitrogen and oxygen atoms in total. The van der Waals surface area contributed by atoms with E-state index in [4.69, 9.17) is 0 Å². The van der Waals surface area contributed by atoms with Gasteiger partial charge in [0.2, 0.25) is 0 Å². The minimum absolute atomic E-state index is 0.244. The first-order valence-electron chi connectivity index (χ1n) is 7.12. The van der Waals surface area contributed by atoms with Gasteiger partial charge in [-0.3, -0.25) is 4.98 Å². The average Bonchev–Trinajstić information content (AvgIpc) is 2.45. The molecular weight excluding hydrogens is 234 g/mol. The second-order valence-corrected chi connectivity index (χ2v) is 5.63. The van der Waals surface area contributed by atoms with Gasteiger partial charge in [-0.1, -0.05) is 50.1 Å². The summed E-state index contributed by atoms with van der Waals surface area (Å²) in [5, 5.41) is 10.6. The van der Waals surface area contributed by atoms with Crippen LogP contribution in [0.1, 0.15) is 51.3 Å². The molecule has 2 heteroatoms. The van der Waals surface area contributed by atoms with Crippen molar-refractivity contribution in [2.75, 3.05) is 0 Å². The van der Waals surface area contributed by atoms with Crippen LogP contribution < -0.4 is 0 Å². The number of aliphatic hydroxyl groups excluding tert-OH is 1. The highest BCUT2D eigenvalue weighted by atomic mass is 16.3. The van der Waals surface area contributed by atoms with E-state index in [1.54, 1.807) is 6.20 Å². The molecule has 0 spiro atoms. The van der Waals surface area contributed by atoms with Gasteiger partial charge in [0.05, 0.1) is 5.69 Å². The van der Waals surface area contributed by atoms with Gasteiger partial charge in [-0.05, 0) is 31.4 Å². The number of rotatable bonds is 5. The van der Waals surface area contributed by atoms with Crippen LogP contribution in [0, 0.1) is 5.41 Å². The lowest BCUT2D eigenvalue weighted by Gasteiger charge is -2.34. The van der Waals surface area contributed by atoms with Gasteiger partial charge >= 0.3 is 0 Å². The molecule has 1 N–H and O–H groups in total. The molecule has 1 aromatic rings. The van der Waals surface area contributed by atoms with Crippen molar-refractivity contribution in [1.82, 2.24) is 4.98 Å². The maximum atomic E-state index is 10.6. The van der Waals surface area contributed by atoms with Crippen LogP contribution in [0.5, 0.6) is 0 Å². The summed E-state index contributed by atoms with van der Waals surface area (Å²) in [7, 11) is 0. The van der Waals surface area contributed by atoms with E-state index in [-0.39, 0.29) is 5.41 Å². The Balaban J connectivity index is 2.12. The molecule has 1 aromatic heterocycles. The maximum Gasteiger partial charge on any atom is 0.105 e. The molecule has 2 atom stereocenters. The van der Waals surface area contributed by atoms with Crippen LogP contribution in [0.3, 0.4) is 0 Å². The summed E-state index contributed by atoms with van der Waals surface area (Å²) in [5.74, 6) is 0. The molecule has 0 aliphatic heterocycles. The number of aliphatic hydroxyl groups is 1. The Hall–Kier alpha value is -1.41. The molecule has 0 bridgehead atoms. The van der Waals surface area contributed by atoms with Crippen molar-refractivity contribution in [2.45, 2.75) is 45.6 Å². The molecule has 0 saturated heterocycles. The number of unbranched alkanes of at least 4 members (excludes halogenated alkanes) is 1. The van der Waals surface area contributed by atoms with E-state index in [0.717, 1.165) is 18.5 Å².